The Kier molecular flexibility index (Phi) is 5.15. The minimum atomic E-state index is -0.513. The zero-order valence-corrected chi connectivity index (χ0v) is 14.6. The third-order valence-corrected chi connectivity index (χ3v) is 4.31. The number of carbonyl (C=O) groups is 1. The van der Waals surface area contributed by atoms with E-state index < -0.39 is 5.82 Å². The molecule has 0 N–H and O–H groups in total. The molecule has 1 amide bonds. The molecule has 2 heterocycles. The number of halogens is 1. The molecule has 0 radical (unpaired) electrons. The van der Waals surface area contributed by atoms with Crippen LogP contribution in [0.5, 0.6) is 0 Å². The molecule has 7 heteroatoms. The smallest absolute Gasteiger partial charge is 0.230 e. The largest absolute Gasteiger partial charge is 0.274 e. The van der Waals surface area contributed by atoms with Crippen LogP contribution in [0.1, 0.15) is 18.3 Å². The van der Waals surface area contributed by atoms with Gasteiger partial charge < -0.3 is 0 Å². The minimum absolute atomic E-state index is 0.134. The number of amides is 1. The van der Waals surface area contributed by atoms with Gasteiger partial charge in [0.25, 0.3) is 0 Å². The van der Waals surface area contributed by atoms with E-state index in [1.165, 1.54) is 35.3 Å². The van der Waals surface area contributed by atoms with Crippen molar-refractivity contribution in [1.29, 1.82) is 5.26 Å². The van der Waals surface area contributed by atoms with Crippen LogP contribution in [-0.2, 0) is 4.79 Å². The van der Waals surface area contributed by atoms with Crippen molar-refractivity contribution in [2.24, 2.45) is 0 Å². The number of nitrogens with zero attached hydrogens (tertiary/aromatic N) is 4. The highest BCUT2D eigenvalue weighted by atomic mass is 32.1. The normalized spacial score (nSPS) is 11.0. The fourth-order valence-electron chi connectivity index (χ4n) is 2.32. The van der Waals surface area contributed by atoms with Crippen molar-refractivity contribution in [2.75, 3.05) is 4.90 Å². The maximum Gasteiger partial charge on any atom is 0.230 e. The number of carbonyl (C=O) groups excluding carboxylic acids is 1. The Morgan fingerprint density at radius 1 is 1.27 bits per heavy atom. The molecule has 3 rings (SSSR count). The Balaban J connectivity index is 1.98. The van der Waals surface area contributed by atoms with Crippen LogP contribution in [0.25, 0.3) is 11.6 Å². The van der Waals surface area contributed by atoms with Gasteiger partial charge in [-0.05, 0) is 30.3 Å². The molecule has 0 saturated heterocycles. The number of rotatable bonds is 4. The van der Waals surface area contributed by atoms with Crippen LogP contribution in [0.15, 0.2) is 54.0 Å². The molecule has 128 valence electrons. The third kappa shape index (κ3) is 3.66. The Bertz CT molecular complexity index is 1010. The highest BCUT2D eigenvalue weighted by molar-refractivity contribution is 7.14. The average molecular weight is 364 g/mol. The number of hydrogen-bond acceptors (Lipinski definition) is 5. The first kappa shape index (κ1) is 17.5. The van der Waals surface area contributed by atoms with Crippen LogP contribution in [0.3, 0.4) is 0 Å². The highest BCUT2D eigenvalue weighted by Gasteiger charge is 2.20. The molecular weight excluding hydrogens is 351 g/mol. The van der Waals surface area contributed by atoms with Crippen molar-refractivity contribution in [2.45, 2.75) is 6.92 Å². The van der Waals surface area contributed by atoms with Crippen LogP contribution in [-0.4, -0.2) is 15.9 Å². The van der Waals surface area contributed by atoms with Crippen molar-refractivity contribution in [3.05, 3.63) is 71.2 Å². The third-order valence-electron chi connectivity index (χ3n) is 3.46. The van der Waals surface area contributed by atoms with E-state index in [1.54, 1.807) is 48.0 Å². The standard InChI is InChI=1S/C19H13FN4OS/c1-13(25)24(18-8-3-2-6-16(18)20)19-23-15(12-26-19)10-14(11-21)17-7-4-5-9-22-17/h2-10,12H,1H3/b14-10+. The molecule has 3 aromatic rings. The molecule has 0 aliphatic heterocycles. The summed E-state index contributed by atoms with van der Waals surface area (Å²) < 4.78 is 14.1. The molecule has 0 bridgehead atoms. The molecule has 0 aliphatic rings. The van der Waals surface area contributed by atoms with Crippen molar-refractivity contribution >= 4 is 39.7 Å². The summed E-state index contributed by atoms with van der Waals surface area (Å²) in [7, 11) is 0. The van der Waals surface area contributed by atoms with Crippen LogP contribution in [0, 0.1) is 17.1 Å². The molecular formula is C19H13FN4OS. The predicted octanol–water partition coefficient (Wildman–Crippen LogP) is 4.43. The van der Waals surface area contributed by atoms with Crippen molar-refractivity contribution in [3.8, 4) is 6.07 Å². The number of thiazole rings is 1. The van der Waals surface area contributed by atoms with Gasteiger partial charge in [0, 0.05) is 18.5 Å². The lowest BCUT2D eigenvalue weighted by Crippen LogP contribution is -2.23. The van der Waals surface area contributed by atoms with Gasteiger partial charge in [-0.25, -0.2) is 9.37 Å². The molecule has 26 heavy (non-hydrogen) atoms. The first-order valence-electron chi connectivity index (χ1n) is 7.64. The second kappa shape index (κ2) is 7.68. The van der Waals surface area contributed by atoms with Gasteiger partial charge in [-0.3, -0.25) is 14.7 Å². The molecule has 0 spiro atoms. The van der Waals surface area contributed by atoms with Crippen LogP contribution in [0.4, 0.5) is 15.2 Å². The summed E-state index contributed by atoms with van der Waals surface area (Å²) in [4.78, 5) is 21.8. The number of aromatic nitrogens is 2. The van der Waals surface area contributed by atoms with Gasteiger partial charge in [-0.1, -0.05) is 18.2 Å². The molecule has 5 nitrogen and oxygen atoms in total. The lowest BCUT2D eigenvalue weighted by Gasteiger charge is -2.18. The number of pyridine rings is 1. The minimum Gasteiger partial charge on any atom is -0.274 e. The van der Waals surface area contributed by atoms with E-state index in [1.807, 2.05) is 0 Å². The monoisotopic (exact) mass is 364 g/mol. The molecule has 2 aromatic heterocycles. The van der Waals surface area contributed by atoms with Crippen LogP contribution < -0.4 is 4.90 Å². The van der Waals surface area contributed by atoms with E-state index in [4.69, 9.17) is 0 Å². The number of anilines is 2. The summed E-state index contributed by atoms with van der Waals surface area (Å²) in [5.41, 5.74) is 1.51. The number of benzene rings is 1. The van der Waals surface area contributed by atoms with E-state index in [2.05, 4.69) is 16.0 Å². The van der Waals surface area contributed by atoms with E-state index in [0.29, 0.717) is 22.1 Å². The van der Waals surface area contributed by atoms with Crippen LogP contribution >= 0.6 is 11.3 Å². The summed E-state index contributed by atoms with van der Waals surface area (Å²) in [5, 5.41) is 11.4. The Labute approximate surface area is 153 Å². The highest BCUT2D eigenvalue weighted by Crippen LogP contribution is 2.31. The number of para-hydroxylation sites is 1. The lowest BCUT2D eigenvalue weighted by atomic mass is 10.1. The zero-order chi connectivity index (χ0) is 18.5. The van der Waals surface area contributed by atoms with Gasteiger partial charge >= 0.3 is 0 Å². The van der Waals surface area contributed by atoms with Gasteiger partial charge in [0.05, 0.1) is 22.6 Å². The SMILES string of the molecule is CC(=O)N(c1nc(/C=C(\C#N)c2ccccn2)cs1)c1ccccc1F. The number of allylic oxidation sites excluding steroid dienone is 1. The first-order valence-corrected chi connectivity index (χ1v) is 8.52. The van der Waals surface area contributed by atoms with E-state index in [9.17, 15) is 14.4 Å². The maximum atomic E-state index is 14.1. The Morgan fingerprint density at radius 3 is 2.69 bits per heavy atom. The fraction of sp³-hybridized carbons (Fsp3) is 0.0526. The van der Waals surface area contributed by atoms with E-state index in [-0.39, 0.29) is 11.6 Å². The van der Waals surface area contributed by atoms with Crippen molar-refractivity contribution in [3.63, 3.8) is 0 Å². The zero-order valence-electron chi connectivity index (χ0n) is 13.8. The van der Waals surface area contributed by atoms with Gasteiger partial charge in [-0.15, -0.1) is 11.3 Å². The fourth-order valence-corrected chi connectivity index (χ4v) is 3.16. The maximum absolute atomic E-state index is 14.1. The summed E-state index contributed by atoms with van der Waals surface area (Å²) in [6.45, 7) is 1.35. The molecule has 1 aromatic carbocycles. The Morgan fingerprint density at radius 2 is 2.04 bits per heavy atom. The second-order valence-corrected chi connectivity index (χ2v) is 6.08. The topological polar surface area (TPSA) is 69.9 Å². The second-order valence-electron chi connectivity index (χ2n) is 5.25. The summed E-state index contributed by atoms with van der Waals surface area (Å²) in [6.07, 6.45) is 3.19. The van der Waals surface area contributed by atoms with Gasteiger partial charge in [0.1, 0.15) is 11.9 Å². The molecule has 0 atom stereocenters. The average Bonchev–Trinajstić information content (AvgIpc) is 3.10. The number of nitriles is 1. The molecule has 0 aliphatic carbocycles. The summed E-state index contributed by atoms with van der Waals surface area (Å²) >= 11 is 1.19. The number of hydrogen-bond donors (Lipinski definition) is 0. The van der Waals surface area contributed by atoms with Gasteiger partial charge in [0.2, 0.25) is 5.91 Å². The van der Waals surface area contributed by atoms with Crippen LogP contribution in [0.2, 0.25) is 0 Å². The van der Waals surface area contributed by atoms with Crippen molar-refractivity contribution in [1.82, 2.24) is 9.97 Å². The Hall–Kier alpha value is -3.37. The first-order chi connectivity index (χ1) is 12.6. The molecule has 0 fully saturated rings. The summed E-state index contributed by atoms with van der Waals surface area (Å²) in [5.74, 6) is -0.869. The molecule has 0 unspecified atom stereocenters. The quantitative estimate of drug-likeness (QED) is 0.642. The predicted molar refractivity (Wildman–Crippen MR) is 99.1 cm³/mol. The summed E-state index contributed by atoms with van der Waals surface area (Å²) in [6, 6.07) is 13.4. The van der Waals surface area contributed by atoms with Gasteiger partial charge in [0.15, 0.2) is 5.13 Å². The van der Waals surface area contributed by atoms with Gasteiger partial charge in [-0.2, -0.15) is 5.26 Å². The van der Waals surface area contributed by atoms with E-state index >= 15 is 0 Å². The van der Waals surface area contributed by atoms with E-state index in [0.717, 1.165) is 0 Å². The molecule has 0 saturated carbocycles. The van der Waals surface area contributed by atoms with Crippen molar-refractivity contribution < 1.29 is 9.18 Å². The lowest BCUT2D eigenvalue weighted by molar-refractivity contribution is -0.115.